The number of nitrogens with one attached hydrogen (secondary N) is 1. The molecule has 0 aromatic heterocycles. The third kappa shape index (κ3) is 3.43. The summed E-state index contributed by atoms with van der Waals surface area (Å²) in [6.07, 6.45) is 0. The molecule has 1 aliphatic heterocycles. The summed E-state index contributed by atoms with van der Waals surface area (Å²) in [5.41, 5.74) is 2.09. The van der Waals surface area contributed by atoms with E-state index in [1.165, 1.54) is 0 Å². The number of methoxy groups -OCH3 is 1. The molecule has 0 spiro atoms. The van der Waals surface area contributed by atoms with Crippen molar-refractivity contribution in [1.29, 1.82) is 0 Å². The van der Waals surface area contributed by atoms with E-state index in [2.05, 4.69) is 10.2 Å². The van der Waals surface area contributed by atoms with Gasteiger partial charge in [0.05, 0.1) is 6.61 Å². The first-order valence-corrected chi connectivity index (χ1v) is 6.02. The van der Waals surface area contributed by atoms with Crippen LogP contribution in [0.15, 0.2) is 18.2 Å². The molecule has 0 bridgehead atoms. The molecule has 0 saturated carbocycles. The van der Waals surface area contributed by atoms with Crippen LogP contribution in [0.5, 0.6) is 5.75 Å². The van der Waals surface area contributed by atoms with Gasteiger partial charge in [-0.15, -0.1) is 0 Å². The third-order valence-electron chi connectivity index (χ3n) is 3.06. The molecular formula is C13H20N2O2. The first-order valence-electron chi connectivity index (χ1n) is 6.02. The van der Waals surface area contributed by atoms with Crippen molar-refractivity contribution >= 4 is 0 Å². The number of nitrogens with zero attached hydrogens (tertiary/aromatic N) is 1. The van der Waals surface area contributed by atoms with Gasteiger partial charge in [-0.3, -0.25) is 4.90 Å². The quantitative estimate of drug-likeness (QED) is 0.817. The summed E-state index contributed by atoms with van der Waals surface area (Å²) in [6.45, 7) is 5.53. The van der Waals surface area contributed by atoms with Crippen molar-refractivity contribution in [3.63, 3.8) is 0 Å². The fourth-order valence-electron chi connectivity index (χ4n) is 2.13. The summed E-state index contributed by atoms with van der Waals surface area (Å²) in [5.74, 6) is 0.378. The number of ether oxygens (including phenoxy) is 1. The van der Waals surface area contributed by atoms with Crippen molar-refractivity contribution < 1.29 is 9.84 Å². The molecule has 1 aromatic carbocycles. The maximum atomic E-state index is 9.85. The Labute approximate surface area is 102 Å². The van der Waals surface area contributed by atoms with Crippen LogP contribution in [0.3, 0.4) is 0 Å². The largest absolute Gasteiger partial charge is 0.508 e. The van der Waals surface area contributed by atoms with Crippen molar-refractivity contribution in [1.82, 2.24) is 10.2 Å². The molecule has 1 saturated heterocycles. The smallest absolute Gasteiger partial charge is 0.120 e. The van der Waals surface area contributed by atoms with Gasteiger partial charge in [-0.25, -0.2) is 0 Å². The average molecular weight is 236 g/mol. The van der Waals surface area contributed by atoms with Crippen LogP contribution >= 0.6 is 0 Å². The van der Waals surface area contributed by atoms with Crippen LogP contribution in [0.25, 0.3) is 0 Å². The maximum Gasteiger partial charge on any atom is 0.120 e. The summed E-state index contributed by atoms with van der Waals surface area (Å²) >= 11 is 0. The van der Waals surface area contributed by atoms with E-state index in [-0.39, 0.29) is 0 Å². The van der Waals surface area contributed by atoms with Crippen LogP contribution < -0.4 is 5.32 Å². The molecular weight excluding hydrogens is 216 g/mol. The summed E-state index contributed by atoms with van der Waals surface area (Å²) in [7, 11) is 1.68. The van der Waals surface area contributed by atoms with E-state index in [9.17, 15) is 5.11 Å². The van der Waals surface area contributed by atoms with Crippen molar-refractivity contribution in [2.45, 2.75) is 13.2 Å². The fraction of sp³-hybridized carbons (Fsp3) is 0.538. The van der Waals surface area contributed by atoms with Crippen LogP contribution in [0.1, 0.15) is 11.1 Å². The lowest BCUT2D eigenvalue weighted by Gasteiger charge is -2.27. The second kappa shape index (κ2) is 6.00. The molecule has 1 fully saturated rings. The number of hydrogen-bond donors (Lipinski definition) is 2. The summed E-state index contributed by atoms with van der Waals surface area (Å²) in [6, 6.07) is 5.69. The molecule has 2 rings (SSSR count). The molecule has 94 valence electrons. The zero-order valence-corrected chi connectivity index (χ0v) is 10.3. The second-order valence-electron chi connectivity index (χ2n) is 4.42. The standard InChI is InChI=1S/C13H20N2O2/c1-17-10-11-2-3-13(16)12(8-11)9-15-6-4-14-5-7-15/h2-3,8,14,16H,4-7,9-10H2,1H3. The van der Waals surface area contributed by atoms with Gasteiger partial charge in [-0.1, -0.05) is 6.07 Å². The first-order chi connectivity index (χ1) is 8.29. The molecule has 0 aliphatic carbocycles. The SMILES string of the molecule is COCc1ccc(O)c(CN2CCNCC2)c1. The van der Waals surface area contributed by atoms with Crippen LogP contribution in [-0.4, -0.2) is 43.3 Å². The monoisotopic (exact) mass is 236 g/mol. The Hall–Kier alpha value is -1.10. The highest BCUT2D eigenvalue weighted by Gasteiger charge is 2.12. The number of benzene rings is 1. The molecule has 1 heterocycles. The first kappa shape index (κ1) is 12.4. The number of phenolic OH excluding ortho intramolecular Hbond substituents is 1. The van der Waals surface area contributed by atoms with Gasteiger partial charge in [-0.2, -0.15) is 0 Å². The van der Waals surface area contributed by atoms with Crippen LogP contribution in [0, 0.1) is 0 Å². The Balaban J connectivity index is 2.04. The van der Waals surface area contributed by atoms with E-state index in [1.807, 2.05) is 12.1 Å². The Bertz CT molecular complexity index is 362. The fourth-order valence-corrected chi connectivity index (χ4v) is 2.13. The van der Waals surface area contributed by atoms with E-state index >= 15 is 0 Å². The van der Waals surface area contributed by atoms with E-state index in [4.69, 9.17) is 4.74 Å². The van der Waals surface area contributed by atoms with Gasteiger partial charge in [0.15, 0.2) is 0 Å². The summed E-state index contributed by atoms with van der Waals surface area (Å²) < 4.78 is 5.11. The number of aromatic hydroxyl groups is 1. The zero-order valence-electron chi connectivity index (χ0n) is 10.3. The van der Waals surface area contributed by atoms with Crippen molar-refractivity contribution in [3.05, 3.63) is 29.3 Å². The number of piperazine rings is 1. The minimum atomic E-state index is 0.378. The lowest BCUT2D eigenvalue weighted by Crippen LogP contribution is -2.42. The van der Waals surface area contributed by atoms with Gasteiger partial charge in [0.25, 0.3) is 0 Å². The van der Waals surface area contributed by atoms with E-state index in [1.54, 1.807) is 13.2 Å². The number of phenols is 1. The van der Waals surface area contributed by atoms with Crippen molar-refractivity contribution in [2.75, 3.05) is 33.3 Å². The second-order valence-corrected chi connectivity index (χ2v) is 4.42. The predicted octanol–water partition coefficient (Wildman–Crippen LogP) is 0.944. The highest BCUT2D eigenvalue weighted by Crippen LogP contribution is 2.21. The van der Waals surface area contributed by atoms with E-state index in [0.717, 1.165) is 43.9 Å². The number of rotatable bonds is 4. The zero-order chi connectivity index (χ0) is 12.1. The maximum absolute atomic E-state index is 9.85. The minimum absolute atomic E-state index is 0.378. The highest BCUT2D eigenvalue weighted by molar-refractivity contribution is 5.36. The minimum Gasteiger partial charge on any atom is -0.508 e. The average Bonchev–Trinajstić information content (AvgIpc) is 2.35. The molecule has 4 heteroatoms. The Morgan fingerprint density at radius 2 is 2.12 bits per heavy atom. The number of hydrogen-bond acceptors (Lipinski definition) is 4. The predicted molar refractivity (Wildman–Crippen MR) is 67.0 cm³/mol. The molecule has 0 amide bonds. The topological polar surface area (TPSA) is 44.7 Å². The van der Waals surface area contributed by atoms with Gasteiger partial charge in [0.2, 0.25) is 0 Å². The van der Waals surface area contributed by atoms with Crippen molar-refractivity contribution in [2.24, 2.45) is 0 Å². The molecule has 0 atom stereocenters. The Morgan fingerprint density at radius 1 is 1.35 bits per heavy atom. The van der Waals surface area contributed by atoms with Crippen LogP contribution in [0.4, 0.5) is 0 Å². The molecule has 1 aromatic rings. The third-order valence-corrected chi connectivity index (χ3v) is 3.06. The van der Waals surface area contributed by atoms with Gasteiger partial charge in [-0.05, 0) is 17.7 Å². The molecule has 4 nitrogen and oxygen atoms in total. The van der Waals surface area contributed by atoms with Gasteiger partial charge >= 0.3 is 0 Å². The van der Waals surface area contributed by atoms with Crippen molar-refractivity contribution in [3.8, 4) is 5.75 Å². The Kier molecular flexibility index (Phi) is 4.36. The normalized spacial score (nSPS) is 17.2. The lowest BCUT2D eigenvalue weighted by atomic mass is 10.1. The lowest BCUT2D eigenvalue weighted by molar-refractivity contribution is 0.184. The van der Waals surface area contributed by atoms with Gasteiger partial charge in [0.1, 0.15) is 5.75 Å². The molecule has 1 aliphatic rings. The van der Waals surface area contributed by atoms with E-state index < -0.39 is 0 Å². The van der Waals surface area contributed by atoms with Crippen LogP contribution in [-0.2, 0) is 17.9 Å². The highest BCUT2D eigenvalue weighted by atomic mass is 16.5. The molecule has 2 N–H and O–H groups in total. The summed E-state index contributed by atoms with van der Waals surface area (Å²) in [4.78, 5) is 2.35. The van der Waals surface area contributed by atoms with Gasteiger partial charge in [0, 0.05) is 45.4 Å². The van der Waals surface area contributed by atoms with Gasteiger partial charge < -0.3 is 15.2 Å². The molecule has 0 unspecified atom stereocenters. The summed E-state index contributed by atoms with van der Waals surface area (Å²) in [5, 5.41) is 13.2. The molecule has 17 heavy (non-hydrogen) atoms. The molecule has 0 radical (unpaired) electrons. The van der Waals surface area contributed by atoms with E-state index in [0.29, 0.717) is 12.4 Å². The Morgan fingerprint density at radius 3 is 2.82 bits per heavy atom. The van der Waals surface area contributed by atoms with Crippen LogP contribution in [0.2, 0.25) is 0 Å².